The zero-order valence-corrected chi connectivity index (χ0v) is 15.0. The van der Waals surface area contributed by atoms with E-state index in [4.69, 9.17) is 0 Å². The van der Waals surface area contributed by atoms with E-state index >= 15 is 0 Å². The van der Waals surface area contributed by atoms with Crippen molar-refractivity contribution in [3.8, 4) is 0 Å². The molecule has 0 bridgehead atoms. The van der Waals surface area contributed by atoms with Crippen LogP contribution < -0.4 is 4.80 Å². The van der Waals surface area contributed by atoms with Crippen molar-refractivity contribution < 1.29 is 9.59 Å². The molecule has 1 aromatic heterocycles. The Labute approximate surface area is 149 Å². The molecule has 0 aliphatic rings. The Bertz CT molecular complexity index is 1040. The standard InChI is InChI=1S/C20H18N2O2S/c1-4-12-22-18-13(2)6-5-7-17(18)25-20(22)21-19(24)16-10-8-15(9-11-16)14(3)23/h4-11H,1,12H2,2-3H3. The summed E-state index contributed by atoms with van der Waals surface area (Å²) in [6, 6.07) is 12.6. The average molecular weight is 350 g/mol. The molecular formula is C20H18N2O2S. The fourth-order valence-corrected chi connectivity index (χ4v) is 3.81. The number of para-hydroxylation sites is 1. The van der Waals surface area contributed by atoms with Gasteiger partial charge >= 0.3 is 0 Å². The topological polar surface area (TPSA) is 51.4 Å². The molecule has 0 aliphatic carbocycles. The summed E-state index contributed by atoms with van der Waals surface area (Å²) in [5.74, 6) is -0.350. The van der Waals surface area contributed by atoms with Crippen LogP contribution in [0, 0.1) is 6.92 Å². The minimum absolute atomic E-state index is 0.0280. The van der Waals surface area contributed by atoms with E-state index < -0.39 is 0 Å². The quantitative estimate of drug-likeness (QED) is 0.524. The summed E-state index contributed by atoms with van der Waals surface area (Å²) in [5.41, 5.74) is 3.25. The van der Waals surface area contributed by atoms with Gasteiger partial charge in [0.2, 0.25) is 0 Å². The molecule has 1 amide bonds. The second-order valence-corrected chi connectivity index (χ2v) is 6.77. The third-order valence-corrected chi connectivity index (χ3v) is 4.99. The first-order valence-corrected chi connectivity index (χ1v) is 8.73. The minimum Gasteiger partial charge on any atom is -0.312 e. The smallest absolute Gasteiger partial charge is 0.279 e. The van der Waals surface area contributed by atoms with Gasteiger partial charge in [0.1, 0.15) is 0 Å². The van der Waals surface area contributed by atoms with E-state index in [9.17, 15) is 9.59 Å². The molecule has 5 heteroatoms. The summed E-state index contributed by atoms with van der Waals surface area (Å²) in [5, 5.41) is 0. The summed E-state index contributed by atoms with van der Waals surface area (Å²) in [4.78, 5) is 28.8. The van der Waals surface area contributed by atoms with Gasteiger partial charge < -0.3 is 4.57 Å². The van der Waals surface area contributed by atoms with Gasteiger partial charge in [0.25, 0.3) is 5.91 Å². The Morgan fingerprint density at radius 1 is 1.16 bits per heavy atom. The normalized spacial score (nSPS) is 11.7. The van der Waals surface area contributed by atoms with E-state index in [1.54, 1.807) is 30.3 Å². The predicted molar refractivity (Wildman–Crippen MR) is 101 cm³/mol. The van der Waals surface area contributed by atoms with Crippen LogP contribution in [-0.2, 0) is 6.54 Å². The summed E-state index contributed by atoms with van der Waals surface area (Å²) in [6.45, 7) is 7.93. The second kappa shape index (κ2) is 6.99. The lowest BCUT2D eigenvalue weighted by Crippen LogP contribution is -2.16. The Hall–Kier alpha value is -2.79. The molecule has 0 saturated carbocycles. The number of carbonyl (C=O) groups is 2. The van der Waals surface area contributed by atoms with Crippen LogP contribution in [0.1, 0.15) is 33.2 Å². The maximum absolute atomic E-state index is 12.5. The molecule has 0 fully saturated rings. The number of amides is 1. The van der Waals surface area contributed by atoms with Crippen LogP contribution in [0.4, 0.5) is 0 Å². The number of ketones is 1. The zero-order chi connectivity index (χ0) is 18.0. The molecule has 0 aliphatic heterocycles. The number of hydrogen-bond donors (Lipinski definition) is 0. The van der Waals surface area contributed by atoms with Crippen molar-refractivity contribution in [2.45, 2.75) is 20.4 Å². The highest BCUT2D eigenvalue weighted by molar-refractivity contribution is 7.16. The van der Waals surface area contributed by atoms with Crippen molar-refractivity contribution in [1.29, 1.82) is 0 Å². The fraction of sp³-hybridized carbons (Fsp3) is 0.150. The van der Waals surface area contributed by atoms with Gasteiger partial charge in [0.05, 0.1) is 10.2 Å². The van der Waals surface area contributed by atoms with Gasteiger partial charge in [-0.1, -0.05) is 41.7 Å². The molecule has 3 aromatic rings. The number of carbonyl (C=O) groups excluding carboxylic acids is 2. The molecule has 0 radical (unpaired) electrons. The first kappa shape index (κ1) is 17.0. The van der Waals surface area contributed by atoms with E-state index in [0.29, 0.717) is 22.5 Å². The second-order valence-electron chi connectivity index (χ2n) is 5.76. The van der Waals surface area contributed by atoms with Gasteiger partial charge in [0, 0.05) is 17.7 Å². The van der Waals surface area contributed by atoms with Gasteiger partial charge in [0.15, 0.2) is 10.6 Å². The van der Waals surface area contributed by atoms with Crippen molar-refractivity contribution >= 4 is 33.2 Å². The van der Waals surface area contributed by atoms with Crippen LogP contribution in [0.2, 0.25) is 0 Å². The van der Waals surface area contributed by atoms with Crippen molar-refractivity contribution in [2.24, 2.45) is 4.99 Å². The van der Waals surface area contributed by atoms with Crippen LogP contribution >= 0.6 is 11.3 Å². The highest BCUT2D eigenvalue weighted by Gasteiger charge is 2.10. The molecule has 0 N–H and O–H groups in total. The lowest BCUT2D eigenvalue weighted by atomic mass is 10.1. The molecule has 4 nitrogen and oxygen atoms in total. The molecule has 3 rings (SSSR count). The molecule has 0 unspecified atom stereocenters. The monoisotopic (exact) mass is 350 g/mol. The van der Waals surface area contributed by atoms with E-state index in [-0.39, 0.29) is 11.7 Å². The van der Waals surface area contributed by atoms with Crippen molar-refractivity contribution in [2.75, 3.05) is 0 Å². The van der Waals surface area contributed by atoms with E-state index in [2.05, 4.69) is 11.6 Å². The predicted octanol–water partition coefficient (Wildman–Crippen LogP) is 4.14. The number of fused-ring (bicyclic) bond motifs is 1. The van der Waals surface area contributed by atoms with E-state index in [1.807, 2.05) is 29.7 Å². The average Bonchev–Trinajstić information content (AvgIpc) is 2.94. The van der Waals surface area contributed by atoms with Gasteiger partial charge in [-0.3, -0.25) is 9.59 Å². The maximum Gasteiger partial charge on any atom is 0.279 e. The molecule has 2 aromatic carbocycles. The Kier molecular flexibility index (Phi) is 4.76. The van der Waals surface area contributed by atoms with Crippen LogP contribution in [0.15, 0.2) is 60.1 Å². The molecule has 0 atom stereocenters. The van der Waals surface area contributed by atoms with Crippen LogP contribution in [0.5, 0.6) is 0 Å². The van der Waals surface area contributed by atoms with Crippen molar-refractivity contribution in [1.82, 2.24) is 4.57 Å². The number of thiazole rings is 1. The SMILES string of the molecule is C=CCn1c(=NC(=O)c2ccc(C(C)=O)cc2)sc2cccc(C)c21. The first-order chi connectivity index (χ1) is 12.0. The number of rotatable bonds is 4. The maximum atomic E-state index is 12.5. The number of allylic oxidation sites excluding steroid dienone is 1. The van der Waals surface area contributed by atoms with Crippen LogP contribution in [0.25, 0.3) is 10.2 Å². The Balaban J connectivity index is 2.09. The lowest BCUT2D eigenvalue weighted by molar-refractivity contribution is 0.0991. The largest absolute Gasteiger partial charge is 0.312 e. The van der Waals surface area contributed by atoms with E-state index in [1.165, 1.54) is 18.3 Å². The minimum atomic E-state index is -0.322. The fourth-order valence-electron chi connectivity index (χ4n) is 2.69. The number of aromatic nitrogens is 1. The number of Topliss-reactive ketones (excluding diaryl/α,β-unsaturated/α-hetero) is 1. The zero-order valence-electron chi connectivity index (χ0n) is 14.2. The highest BCUT2D eigenvalue weighted by atomic mass is 32.1. The Morgan fingerprint density at radius 3 is 2.48 bits per heavy atom. The van der Waals surface area contributed by atoms with Gasteiger partial charge in [-0.25, -0.2) is 0 Å². The number of aryl methyl sites for hydroxylation is 1. The molecule has 1 heterocycles. The number of nitrogens with zero attached hydrogens (tertiary/aromatic N) is 2. The first-order valence-electron chi connectivity index (χ1n) is 7.91. The lowest BCUT2D eigenvalue weighted by Gasteiger charge is -2.03. The molecule has 126 valence electrons. The summed E-state index contributed by atoms with van der Waals surface area (Å²) in [6.07, 6.45) is 1.80. The molecular weight excluding hydrogens is 332 g/mol. The van der Waals surface area contributed by atoms with Gasteiger partial charge in [-0.05, 0) is 37.6 Å². The Morgan fingerprint density at radius 2 is 1.84 bits per heavy atom. The van der Waals surface area contributed by atoms with Crippen molar-refractivity contribution in [3.63, 3.8) is 0 Å². The summed E-state index contributed by atoms with van der Waals surface area (Å²) >= 11 is 1.48. The number of benzene rings is 2. The molecule has 0 spiro atoms. The number of hydrogen-bond acceptors (Lipinski definition) is 3. The van der Waals surface area contributed by atoms with Crippen molar-refractivity contribution in [3.05, 3.63) is 76.6 Å². The highest BCUT2D eigenvalue weighted by Crippen LogP contribution is 2.21. The molecule has 25 heavy (non-hydrogen) atoms. The van der Waals surface area contributed by atoms with Gasteiger partial charge in [-0.15, -0.1) is 6.58 Å². The summed E-state index contributed by atoms with van der Waals surface area (Å²) < 4.78 is 3.09. The van der Waals surface area contributed by atoms with E-state index in [0.717, 1.165) is 15.8 Å². The molecule has 0 saturated heterocycles. The van der Waals surface area contributed by atoms with Crippen LogP contribution in [-0.4, -0.2) is 16.3 Å². The third kappa shape index (κ3) is 3.37. The van der Waals surface area contributed by atoms with Crippen LogP contribution in [0.3, 0.4) is 0 Å². The third-order valence-electron chi connectivity index (χ3n) is 3.95. The summed E-state index contributed by atoms with van der Waals surface area (Å²) in [7, 11) is 0. The van der Waals surface area contributed by atoms with Gasteiger partial charge in [-0.2, -0.15) is 4.99 Å².